The minimum absolute atomic E-state index is 0.241. The molecule has 0 radical (unpaired) electrons. The van der Waals surface area contributed by atoms with Crippen LogP contribution in [-0.2, 0) is 5.54 Å². The average molecular weight is 331 g/mol. The Morgan fingerprint density at radius 1 is 1.10 bits per heavy atom. The summed E-state index contributed by atoms with van der Waals surface area (Å²) in [5.74, 6) is 0.532. The van der Waals surface area contributed by atoms with Crippen molar-refractivity contribution in [1.82, 2.24) is 4.98 Å². The van der Waals surface area contributed by atoms with Crippen molar-refractivity contribution >= 4 is 34.8 Å². The van der Waals surface area contributed by atoms with E-state index in [-0.39, 0.29) is 10.0 Å². The molecule has 104 valence electrons. The van der Waals surface area contributed by atoms with Gasteiger partial charge in [-0.1, -0.05) is 40.9 Å². The molecule has 3 rings (SSSR count). The molecule has 2 aromatic rings. The lowest BCUT2D eigenvalue weighted by atomic mass is 9.84. The fourth-order valence-electron chi connectivity index (χ4n) is 2.34. The molecule has 0 bridgehead atoms. The van der Waals surface area contributed by atoms with Crippen molar-refractivity contribution in [2.24, 2.45) is 11.5 Å². The number of pyridine rings is 1. The minimum Gasteiger partial charge on any atom is -0.471 e. The number of rotatable bonds is 1. The Balaban J connectivity index is 2.26. The van der Waals surface area contributed by atoms with Crippen molar-refractivity contribution in [2.75, 3.05) is 0 Å². The third-order valence-electron chi connectivity index (χ3n) is 3.41. The Morgan fingerprint density at radius 3 is 2.60 bits per heavy atom. The summed E-state index contributed by atoms with van der Waals surface area (Å²) < 4.78 is 5.56. The molecule has 0 aliphatic carbocycles. The number of benzene rings is 1. The number of ether oxygens (including phenoxy) is 1. The van der Waals surface area contributed by atoms with Crippen LogP contribution in [0.2, 0.25) is 15.1 Å². The van der Waals surface area contributed by atoms with E-state index in [1.807, 2.05) is 0 Å². The van der Waals surface area contributed by atoms with Crippen LogP contribution >= 0.6 is 34.8 Å². The smallest absolute Gasteiger partial charge is 0.174 e. The van der Waals surface area contributed by atoms with Crippen LogP contribution in [0.25, 0.3) is 0 Å². The molecule has 0 fully saturated rings. The van der Waals surface area contributed by atoms with Crippen LogP contribution in [0.1, 0.15) is 11.1 Å². The fraction of sp³-hybridized carbons (Fsp3) is 0.154. The van der Waals surface area contributed by atoms with Gasteiger partial charge < -0.3 is 10.5 Å². The van der Waals surface area contributed by atoms with Gasteiger partial charge in [-0.05, 0) is 12.1 Å². The molecular formula is C13H10Cl3N3O. The highest BCUT2D eigenvalue weighted by atomic mass is 35.5. The second-order valence-electron chi connectivity index (χ2n) is 4.50. The van der Waals surface area contributed by atoms with Gasteiger partial charge in [-0.3, -0.25) is 10.7 Å². The van der Waals surface area contributed by atoms with E-state index in [9.17, 15) is 0 Å². The van der Waals surface area contributed by atoms with Crippen molar-refractivity contribution < 1.29 is 4.74 Å². The number of hydrogen-bond acceptors (Lipinski definition) is 4. The second-order valence-corrected chi connectivity index (χ2v) is 5.67. The highest BCUT2D eigenvalue weighted by Crippen LogP contribution is 2.46. The Hall–Kier alpha value is -1.04. The number of halogens is 3. The average Bonchev–Trinajstić information content (AvgIpc) is 2.69. The number of nitrogens with zero attached hydrogens (tertiary/aromatic N) is 1. The zero-order chi connectivity index (χ0) is 14.5. The molecule has 0 saturated carbocycles. The molecular weight excluding hydrogens is 321 g/mol. The Bertz CT molecular complexity index is 695. The van der Waals surface area contributed by atoms with Gasteiger partial charge >= 0.3 is 0 Å². The van der Waals surface area contributed by atoms with Crippen molar-refractivity contribution in [2.45, 2.75) is 11.8 Å². The predicted octanol–water partition coefficient (Wildman–Crippen LogP) is 2.92. The minimum atomic E-state index is -1.11. The van der Waals surface area contributed by atoms with Crippen molar-refractivity contribution in [3.8, 4) is 5.75 Å². The third kappa shape index (κ3) is 1.80. The van der Waals surface area contributed by atoms with Crippen LogP contribution in [-0.4, -0.2) is 11.2 Å². The molecule has 0 amide bonds. The molecule has 2 heterocycles. The van der Waals surface area contributed by atoms with Crippen LogP contribution in [0.5, 0.6) is 5.75 Å². The summed E-state index contributed by atoms with van der Waals surface area (Å²) in [5, 5.41) is 0.863. The Kier molecular flexibility index (Phi) is 3.31. The van der Waals surface area contributed by atoms with Gasteiger partial charge in [0, 0.05) is 17.3 Å². The highest BCUT2D eigenvalue weighted by Gasteiger charge is 2.47. The Labute approximate surface area is 130 Å². The largest absolute Gasteiger partial charge is 0.471 e. The van der Waals surface area contributed by atoms with E-state index in [2.05, 4.69) is 4.98 Å². The first kappa shape index (κ1) is 13.9. The fourth-order valence-corrected chi connectivity index (χ4v) is 3.03. The number of aromatic nitrogens is 1. The van der Waals surface area contributed by atoms with Gasteiger partial charge in [0.1, 0.15) is 11.3 Å². The number of fused-ring (bicyclic) bond motifs is 1. The molecule has 2 atom stereocenters. The molecule has 1 aliphatic rings. The zero-order valence-electron chi connectivity index (χ0n) is 10.1. The lowest BCUT2D eigenvalue weighted by Crippen LogP contribution is -2.52. The van der Waals surface area contributed by atoms with E-state index >= 15 is 0 Å². The molecule has 0 spiro atoms. The summed E-state index contributed by atoms with van der Waals surface area (Å²) in [6.45, 7) is 0. The molecule has 20 heavy (non-hydrogen) atoms. The predicted molar refractivity (Wildman–Crippen MR) is 79.3 cm³/mol. The monoisotopic (exact) mass is 329 g/mol. The van der Waals surface area contributed by atoms with Crippen LogP contribution < -0.4 is 16.2 Å². The molecule has 4 N–H and O–H groups in total. The van der Waals surface area contributed by atoms with Crippen LogP contribution in [0, 0.1) is 0 Å². The van der Waals surface area contributed by atoms with E-state index in [1.165, 1.54) is 0 Å². The van der Waals surface area contributed by atoms with Crippen LogP contribution in [0.4, 0.5) is 0 Å². The van der Waals surface area contributed by atoms with Gasteiger partial charge in [-0.25, -0.2) is 0 Å². The van der Waals surface area contributed by atoms with Gasteiger partial charge in [0.25, 0.3) is 0 Å². The maximum absolute atomic E-state index is 6.49. The maximum atomic E-state index is 6.49. The van der Waals surface area contributed by atoms with Gasteiger partial charge in [-0.2, -0.15) is 0 Å². The second kappa shape index (κ2) is 4.76. The van der Waals surface area contributed by atoms with E-state index in [0.717, 1.165) is 0 Å². The normalized spacial score (nSPS) is 24.4. The quantitative estimate of drug-likeness (QED) is 0.788. The summed E-state index contributed by atoms with van der Waals surface area (Å²) in [6, 6.07) is 5.09. The van der Waals surface area contributed by atoms with Crippen molar-refractivity contribution in [1.29, 1.82) is 0 Å². The third-order valence-corrected chi connectivity index (χ3v) is 4.71. The summed E-state index contributed by atoms with van der Waals surface area (Å²) in [7, 11) is 0. The molecule has 2 unspecified atom stereocenters. The van der Waals surface area contributed by atoms with Crippen LogP contribution in [0.15, 0.2) is 30.6 Å². The van der Waals surface area contributed by atoms with Crippen molar-refractivity contribution in [3.05, 3.63) is 56.8 Å². The summed E-state index contributed by atoms with van der Waals surface area (Å²) in [5.41, 5.74) is 12.7. The first-order chi connectivity index (χ1) is 9.46. The van der Waals surface area contributed by atoms with E-state index in [4.69, 9.17) is 51.0 Å². The summed E-state index contributed by atoms with van der Waals surface area (Å²) >= 11 is 18.3. The summed E-state index contributed by atoms with van der Waals surface area (Å²) in [6.07, 6.45) is 2.39. The van der Waals surface area contributed by atoms with E-state index in [0.29, 0.717) is 21.9 Å². The summed E-state index contributed by atoms with van der Waals surface area (Å²) in [4.78, 5) is 3.99. The molecule has 1 aromatic heterocycles. The molecule has 0 saturated heterocycles. The standard InChI is InChI=1S/C13H10Cl3N3O/c14-8-2-1-7(10(15)11(8)16)13(18)6-3-4-19-5-9(6)20-12(13)17/h1-5,12H,17-18H2. The first-order valence-corrected chi connectivity index (χ1v) is 6.89. The Morgan fingerprint density at radius 2 is 1.85 bits per heavy atom. The molecule has 1 aliphatic heterocycles. The van der Waals surface area contributed by atoms with E-state index < -0.39 is 11.8 Å². The van der Waals surface area contributed by atoms with Crippen molar-refractivity contribution in [3.63, 3.8) is 0 Å². The molecule has 7 heteroatoms. The van der Waals surface area contributed by atoms with Gasteiger partial charge in [-0.15, -0.1) is 0 Å². The lowest BCUT2D eigenvalue weighted by Gasteiger charge is -2.29. The van der Waals surface area contributed by atoms with Gasteiger partial charge in [0.05, 0.1) is 21.3 Å². The first-order valence-electron chi connectivity index (χ1n) is 5.76. The number of hydrogen-bond donors (Lipinski definition) is 2. The van der Waals surface area contributed by atoms with Gasteiger partial charge in [0.15, 0.2) is 6.23 Å². The molecule has 1 aromatic carbocycles. The lowest BCUT2D eigenvalue weighted by molar-refractivity contribution is 0.177. The van der Waals surface area contributed by atoms with Crippen LogP contribution in [0.3, 0.4) is 0 Å². The zero-order valence-corrected chi connectivity index (χ0v) is 12.4. The van der Waals surface area contributed by atoms with E-state index in [1.54, 1.807) is 30.6 Å². The number of nitrogens with two attached hydrogens (primary N) is 2. The van der Waals surface area contributed by atoms with Gasteiger partial charge in [0.2, 0.25) is 0 Å². The molecule has 4 nitrogen and oxygen atoms in total. The maximum Gasteiger partial charge on any atom is 0.174 e. The highest BCUT2D eigenvalue weighted by molar-refractivity contribution is 6.48. The SMILES string of the molecule is NC1Oc2cnccc2C1(N)c1ccc(Cl)c(Cl)c1Cl. The topological polar surface area (TPSA) is 74.2 Å².